The van der Waals surface area contributed by atoms with Crippen LogP contribution in [-0.2, 0) is 13.2 Å². The van der Waals surface area contributed by atoms with Gasteiger partial charge < -0.3 is 14.4 Å². The molecule has 0 bridgehead atoms. The summed E-state index contributed by atoms with van der Waals surface area (Å²) in [5.74, 6) is 1.22. The molecule has 0 atom stereocenters. The molecule has 1 aliphatic rings. The molecule has 1 fully saturated rings. The molecule has 4 aromatic rings. The second-order valence-electron chi connectivity index (χ2n) is 8.80. The smallest absolute Gasteiger partial charge is 0.254 e. The number of carbonyl (C=O) groups is 1. The van der Waals surface area contributed by atoms with E-state index in [1.165, 1.54) is 5.56 Å². The second kappa shape index (κ2) is 11.2. The monoisotopic (exact) mass is 482 g/mol. The zero-order valence-electron chi connectivity index (χ0n) is 20.5. The van der Waals surface area contributed by atoms with E-state index < -0.39 is 0 Å². The molecule has 1 saturated heterocycles. The van der Waals surface area contributed by atoms with E-state index in [9.17, 15) is 4.79 Å². The van der Waals surface area contributed by atoms with Crippen LogP contribution in [0.1, 0.15) is 28.4 Å². The highest BCUT2D eigenvalue weighted by Crippen LogP contribution is 2.30. The van der Waals surface area contributed by atoms with Gasteiger partial charge in [-0.3, -0.25) is 19.7 Å². The Morgan fingerprint density at radius 2 is 1.69 bits per heavy atom. The average Bonchev–Trinajstić information content (AvgIpc) is 2.93. The third kappa shape index (κ3) is 5.47. The van der Waals surface area contributed by atoms with Crippen LogP contribution in [0.15, 0.2) is 79.3 Å². The number of benzene rings is 2. The Hall–Kier alpha value is -3.97. The number of hydrogen-bond donors (Lipinski definition) is 0. The number of piperazine rings is 1. The topological polar surface area (TPSA) is 67.8 Å². The van der Waals surface area contributed by atoms with Crippen molar-refractivity contribution in [2.45, 2.75) is 20.1 Å². The van der Waals surface area contributed by atoms with Crippen LogP contribution in [0, 0.1) is 0 Å². The molecule has 0 spiro atoms. The quantitative estimate of drug-likeness (QED) is 0.367. The minimum absolute atomic E-state index is 0.0168. The Labute approximate surface area is 211 Å². The Kier molecular flexibility index (Phi) is 7.38. The largest absolute Gasteiger partial charge is 0.490 e. The van der Waals surface area contributed by atoms with Crippen LogP contribution in [0.5, 0.6) is 11.5 Å². The Bertz CT molecular complexity index is 1320. The van der Waals surface area contributed by atoms with Gasteiger partial charge in [-0.2, -0.15) is 0 Å². The van der Waals surface area contributed by atoms with Crippen molar-refractivity contribution in [1.29, 1.82) is 0 Å². The summed E-state index contributed by atoms with van der Waals surface area (Å²) in [6.07, 6.45) is 5.32. The van der Waals surface area contributed by atoms with Gasteiger partial charge in [-0.15, -0.1) is 0 Å². The molecular weight excluding hydrogens is 452 g/mol. The van der Waals surface area contributed by atoms with Crippen molar-refractivity contribution in [2.24, 2.45) is 0 Å². The first-order chi connectivity index (χ1) is 17.7. The fourth-order valence-electron chi connectivity index (χ4n) is 4.50. The van der Waals surface area contributed by atoms with Crippen molar-refractivity contribution in [1.82, 2.24) is 19.8 Å². The van der Waals surface area contributed by atoms with Crippen molar-refractivity contribution < 1.29 is 14.3 Å². The molecule has 0 saturated carbocycles. The number of para-hydroxylation sites is 1. The number of aromatic nitrogens is 2. The lowest BCUT2D eigenvalue weighted by Gasteiger charge is -2.35. The van der Waals surface area contributed by atoms with E-state index in [0.717, 1.165) is 36.1 Å². The second-order valence-corrected chi connectivity index (χ2v) is 8.80. The number of pyridine rings is 2. The molecule has 2 aromatic heterocycles. The fraction of sp³-hybridized carbons (Fsp3) is 0.276. The van der Waals surface area contributed by atoms with E-state index in [-0.39, 0.29) is 5.91 Å². The van der Waals surface area contributed by atoms with Crippen molar-refractivity contribution in [3.05, 3.63) is 95.9 Å². The van der Waals surface area contributed by atoms with Gasteiger partial charge >= 0.3 is 0 Å². The molecule has 0 radical (unpaired) electrons. The van der Waals surface area contributed by atoms with Gasteiger partial charge in [0.15, 0.2) is 11.5 Å². The van der Waals surface area contributed by atoms with E-state index in [4.69, 9.17) is 9.47 Å². The van der Waals surface area contributed by atoms with Crippen molar-refractivity contribution in [3.63, 3.8) is 0 Å². The molecular formula is C29H30N4O3. The zero-order chi connectivity index (χ0) is 24.7. The number of carbonyl (C=O) groups excluding carboxylic acids is 1. The zero-order valence-corrected chi connectivity index (χ0v) is 20.5. The molecule has 184 valence electrons. The SMILES string of the molecule is CCOc1cc(C(=O)N2CCN(Cc3cccc4cccnc34)CC2)ccc1OCc1ccncc1. The number of amides is 1. The van der Waals surface area contributed by atoms with E-state index in [1.807, 2.05) is 48.4 Å². The van der Waals surface area contributed by atoms with Crippen LogP contribution < -0.4 is 9.47 Å². The molecule has 36 heavy (non-hydrogen) atoms. The highest BCUT2D eigenvalue weighted by atomic mass is 16.5. The minimum atomic E-state index is 0.0168. The number of rotatable bonds is 8. The predicted octanol–water partition coefficient (Wildman–Crippen LogP) is 4.57. The lowest BCUT2D eigenvalue weighted by molar-refractivity contribution is 0.0628. The summed E-state index contributed by atoms with van der Waals surface area (Å²) in [5.41, 5.74) is 3.90. The number of nitrogens with zero attached hydrogens (tertiary/aromatic N) is 4. The lowest BCUT2D eigenvalue weighted by atomic mass is 10.1. The number of hydrogen-bond acceptors (Lipinski definition) is 6. The maximum atomic E-state index is 13.3. The normalized spacial score (nSPS) is 14.1. The summed E-state index contributed by atoms with van der Waals surface area (Å²) in [4.78, 5) is 26.2. The van der Waals surface area contributed by atoms with E-state index in [0.29, 0.717) is 43.4 Å². The average molecular weight is 483 g/mol. The summed E-state index contributed by atoms with van der Waals surface area (Å²) in [7, 11) is 0. The standard InChI is InChI=1S/C29H30N4O3/c1-2-35-27-19-24(8-9-26(27)36-21-22-10-13-30-14-11-22)29(34)33-17-15-32(16-18-33)20-25-6-3-5-23-7-4-12-31-28(23)25/h3-14,19H,2,15-18,20-21H2,1H3. The van der Waals surface area contributed by atoms with Gasteiger partial charge in [0, 0.05) is 62.3 Å². The summed E-state index contributed by atoms with van der Waals surface area (Å²) >= 11 is 0. The first kappa shape index (κ1) is 23.8. The third-order valence-corrected chi connectivity index (χ3v) is 6.40. The minimum Gasteiger partial charge on any atom is -0.490 e. The molecule has 3 heterocycles. The van der Waals surface area contributed by atoms with Gasteiger partial charge in [-0.25, -0.2) is 0 Å². The summed E-state index contributed by atoms with van der Waals surface area (Å²) in [5, 5.41) is 1.15. The van der Waals surface area contributed by atoms with Crippen LogP contribution in [0.25, 0.3) is 10.9 Å². The molecule has 1 amide bonds. The Morgan fingerprint density at radius 3 is 2.50 bits per heavy atom. The van der Waals surface area contributed by atoms with Crippen molar-refractivity contribution in [3.8, 4) is 11.5 Å². The lowest BCUT2D eigenvalue weighted by Crippen LogP contribution is -2.48. The van der Waals surface area contributed by atoms with Gasteiger partial charge in [-0.1, -0.05) is 24.3 Å². The highest BCUT2D eigenvalue weighted by molar-refractivity contribution is 5.95. The molecule has 0 N–H and O–H groups in total. The molecule has 7 heteroatoms. The van der Waals surface area contributed by atoms with Crippen LogP contribution in [-0.4, -0.2) is 58.5 Å². The van der Waals surface area contributed by atoms with E-state index in [2.05, 4.69) is 39.1 Å². The molecule has 7 nitrogen and oxygen atoms in total. The van der Waals surface area contributed by atoms with Crippen LogP contribution in [0.4, 0.5) is 0 Å². The highest BCUT2D eigenvalue weighted by Gasteiger charge is 2.23. The predicted molar refractivity (Wildman–Crippen MR) is 139 cm³/mol. The summed E-state index contributed by atoms with van der Waals surface area (Å²) in [6.45, 7) is 6.65. The van der Waals surface area contributed by atoms with Crippen LogP contribution in [0.3, 0.4) is 0 Å². The van der Waals surface area contributed by atoms with Crippen LogP contribution in [0.2, 0.25) is 0 Å². The maximum Gasteiger partial charge on any atom is 0.254 e. The number of fused-ring (bicyclic) bond motifs is 1. The third-order valence-electron chi connectivity index (χ3n) is 6.40. The van der Waals surface area contributed by atoms with Crippen LogP contribution >= 0.6 is 0 Å². The van der Waals surface area contributed by atoms with Gasteiger partial charge in [0.2, 0.25) is 0 Å². The molecule has 0 aliphatic carbocycles. The fourth-order valence-corrected chi connectivity index (χ4v) is 4.50. The molecule has 1 aliphatic heterocycles. The Balaban J connectivity index is 1.21. The van der Waals surface area contributed by atoms with Gasteiger partial charge in [-0.05, 0) is 54.4 Å². The maximum absolute atomic E-state index is 13.3. The summed E-state index contributed by atoms with van der Waals surface area (Å²) in [6, 6.07) is 19.6. The summed E-state index contributed by atoms with van der Waals surface area (Å²) < 4.78 is 11.8. The Morgan fingerprint density at radius 1 is 0.889 bits per heavy atom. The molecule has 0 unspecified atom stereocenters. The first-order valence-corrected chi connectivity index (χ1v) is 12.3. The molecule has 2 aromatic carbocycles. The van der Waals surface area contributed by atoms with Gasteiger partial charge in [0.1, 0.15) is 6.61 Å². The van der Waals surface area contributed by atoms with Gasteiger partial charge in [0.25, 0.3) is 5.91 Å². The van der Waals surface area contributed by atoms with E-state index >= 15 is 0 Å². The van der Waals surface area contributed by atoms with Gasteiger partial charge in [0.05, 0.1) is 12.1 Å². The number of ether oxygens (including phenoxy) is 2. The van der Waals surface area contributed by atoms with E-state index in [1.54, 1.807) is 18.5 Å². The van der Waals surface area contributed by atoms with Crippen molar-refractivity contribution in [2.75, 3.05) is 32.8 Å². The first-order valence-electron chi connectivity index (χ1n) is 12.3. The molecule has 5 rings (SSSR count). The van der Waals surface area contributed by atoms with Crippen molar-refractivity contribution >= 4 is 16.8 Å².